The van der Waals surface area contributed by atoms with E-state index in [0.29, 0.717) is 29.6 Å². The third-order valence-corrected chi connectivity index (χ3v) is 4.96. The van der Waals surface area contributed by atoms with Crippen molar-refractivity contribution in [3.8, 4) is 0 Å². The fourth-order valence-corrected chi connectivity index (χ4v) is 3.56. The number of aromatic amines is 1. The molecule has 2 heterocycles. The summed E-state index contributed by atoms with van der Waals surface area (Å²) >= 11 is 12.1. The molecule has 8 heteroatoms. The van der Waals surface area contributed by atoms with E-state index in [2.05, 4.69) is 20.5 Å². The molecule has 1 aliphatic heterocycles. The number of halogens is 2. The number of nitrogens with one attached hydrogen (secondary N) is 2. The lowest BCUT2D eigenvalue weighted by Gasteiger charge is -2.31. The Hall–Kier alpha value is -1.79. The maximum absolute atomic E-state index is 12.4. The number of aryl methyl sites for hydroxylation is 1. The number of rotatable bonds is 4. The van der Waals surface area contributed by atoms with Crippen LogP contribution in [0, 0.1) is 6.92 Å². The van der Waals surface area contributed by atoms with Crippen LogP contribution in [-0.4, -0.2) is 45.7 Å². The van der Waals surface area contributed by atoms with Gasteiger partial charge in [0.05, 0.1) is 0 Å². The molecule has 1 atom stereocenters. The summed E-state index contributed by atoms with van der Waals surface area (Å²) in [5.74, 6) is 1.79. The molecule has 1 aromatic heterocycles. The van der Waals surface area contributed by atoms with Crippen LogP contribution >= 0.6 is 23.2 Å². The molecule has 0 radical (unpaired) electrons. The van der Waals surface area contributed by atoms with E-state index in [1.54, 1.807) is 12.1 Å². The van der Waals surface area contributed by atoms with Crippen LogP contribution in [0.4, 0.5) is 4.79 Å². The second-order valence-electron chi connectivity index (χ2n) is 6.28. The monoisotopic (exact) mass is 381 g/mol. The Morgan fingerprint density at radius 1 is 1.44 bits per heavy atom. The lowest BCUT2D eigenvalue weighted by molar-refractivity contribution is 0.178. The van der Waals surface area contributed by atoms with Gasteiger partial charge in [0.2, 0.25) is 0 Å². The summed E-state index contributed by atoms with van der Waals surface area (Å²) in [5.41, 5.74) is 0.971. The summed E-state index contributed by atoms with van der Waals surface area (Å²) < 4.78 is 0. The second-order valence-corrected chi connectivity index (χ2v) is 7.13. The molecule has 25 heavy (non-hydrogen) atoms. The van der Waals surface area contributed by atoms with Crippen molar-refractivity contribution in [3.63, 3.8) is 0 Å². The van der Waals surface area contributed by atoms with E-state index in [9.17, 15) is 4.79 Å². The summed E-state index contributed by atoms with van der Waals surface area (Å²) in [6.07, 6.45) is 2.62. The second kappa shape index (κ2) is 8.06. The number of piperidine rings is 1. The Morgan fingerprint density at radius 2 is 2.28 bits per heavy atom. The van der Waals surface area contributed by atoms with Gasteiger partial charge in [0.1, 0.15) is 5.82 Å². The van der Waals surface area contributed by atoms with E-state index in [0.717, 1.165) is 36.6 Å². The number of nitrogens with zero attached hydrogens (tertiary/aromatic N) is 3. The van der Waals surface area contributed by atoms with E-state index < -0.39 is 0 Å². The molecule has 0 spiro atoms. The van der Waals surface area contributed by atoms with Crippen molar-refractivity contribution in [1.29, 1.82) is 0 Å². The van der Waals surface area contributed by atoms with Gasteiger partial charge in [0, 0.05) is 35.6 Å². The van der Waals surface area contributed by atoms with Crippen LogP contribution < -0.4 is 5.32 Å². The first-order valence-corrected chi connectivity index (χ1v) is 9.14. The van der Waals surface area contributed by atoms with Crippen molar-refractivity contribution in [2.75, 3.05) is 19.6 Å². The maximum atomic E-state index is 12.4. The first-order chi connectivity index (χ1) is 12.0. The van der Waals surface area contributed by atoms with Crippen molar-refractivity contribution < 1.29 is 4.79 Å². The summed E-state index contributed by atoms with van der Waals surface area (Å²) in [6, 6.07) is 5.36. The Labute approximate surface area is 156 Å². The standard InChI is InChI=1S/C17H21Cl2N5O/c1-11-21-16(23-22-11)13-3-2-8-24(10-13)17(25)20-7-6-12-4-5-14(18)9-15(12)19/h4-5,9,13H,2-3,6-8,10H2,1H3,(H,20,25)(H,21,22,23). The molecular weight excluding hydrogens is 361 g/mol. The number of likely N-dealkylation sites (tertiary alicyclic amines) is 1. The average molecular weight is 382 g/mol. The molecule has 2 N–H and O–H groups in total. The number of carbonyl (C=O) groups excluding carboxylic acids is 1. The van der Waals surface area contributed by atoms with E-state index in [1.807, 2.05) is 17.9 Å². The van der Waals surface area contributed by atoms with Crippen molar-refractivity contribution in [2.45, 2.75) is 32.1 Å². The number of hydrogen-bond acceptors (Lipinski definition) is 3. The van der Waals surface area contributed by atoms with Crippen LogP contribution in [0.5, 0.6) is 0 Å². The third kappa shape index (κ3) is 4.64. The lowest BCUT2D eigenvalue weighted by Crippen LogP contribution is -2.45. The van der Waals surface area contributed by atoms with Gasteiger partial charge in [-0.2, -0.15) is 5.10 Å². The van der Waals surface area contributed by atoms with Gasteiger partial charge >= 0.3 is 6.03 Å². The molecule has 0 aliphatic carbocycles. The Morgan fingerprint density at radius 3 is 3.00 bits per heavy atom. The summed E-state index contributed by atoms with van der Waals surface area (Å²) in [5, 5.41) is 11.3. The molecular formula is C17H21Cl2N5O. The molecule has 2 amide bonds. The SMILES string of the molecule is Cc1nc(C2CCCN(C(=O)NCCc3ccc(Cl)cc3Cl)C2)n[nH]1. The molecule has 0 bridgehead atoms. The molecule has 2 aromatic rings. The molecule has 1 aliphatic rings. The highest BCUT2D eigenvalue weighted by molar-refractivity contribution is 6.35. The Bertz CT molecular complexity index is 748. The molecule has 3 rings (SSSR count). The number of carbonyl (C=O) groups is 1. The average Bonchev–Trinajstić information content (AvgIpc) is 3.03. The molecule has 6 nitrogen and oxygen atoms in total. The first kappa shape index (κ1) is 18.0. The van der Waals surface area contributed by atoms with Crippen molar-refractivity contribution in [1.82, 2.24) is 25.4 Å². The molecule has 1 saturated heterocycles. The van der Waals surface area contributed by atoms with E-state index >= 15 is 0 Å². The van der Waals surface area contributed by atoms with E-state index in [1.165, 1.54) is 0 Å². The lowest BCUT2D eigenvalue weighted by atomic mass is 9.98. The highest BCUT2D eigenvalue weighted by atomic mass is 35.5. The van der Waals surface area contributed by atoms with Gasteiger partial charge in [-0.15, -0.1) is 0 Å². The smallest absolute Gasteiger partial charge is 0.317 e. The van der Waals surface area contributed by atoms with Crippen molar-refractivity contribution in [2.24, 2.45) is 0 Å². The van der Waals surface area contributed by atoms with Crippen molar-refractivity contribution >= 4 is 29.2 Å². The van der Waals surface area contributed by atoms with Gasteiger partial charge < -0.3 is 10.2 Å². The number of hydrogen-bond donors (Lipinski definition) is 2. The number of amides is 2. The van der Waals surface area contributed by atoms with Gasteiger partial charge in [-0.25, -0.2) is 9.78 Å². The quantitative estimate of drug-likeness (QED) is 0.849. The minimum absolute atomic E-state index is 0.0537. The van der Waals surface area contributed by atoms with Crippen LogP contribution in [0.2, 0.25) is 10.0 Å². The van der Waals surface area contributed by atoms with Crippen LogP contribution in [0.1, 0.15) is 36.0 Å². The fraction of sp³-hybridized carbons (Fsp3) is 0.471. The minimum Gasteiger partial charge on any atom is -0.338 e. The van der Waals surface area contributed by atoms with Gasteiger partial charge in [-0.3, -0.25) is 5.10 Å². The highest BCUT2D eigenvalue weighted by Gasteiger charge is 2.27. The topological polar surface area (TPSA) is 73.9 Å². The third-order valence-electron chi connectivity index (χ3n) is 4.37. The van der Waals surface area contributed by atoms with Crippen LogP contribution in [0.15, 0.2) is 18.2 Å². The molecule has 1 fully saturated rings. The minimum atomic E-state index is -0.0537. The van der Waals surface area contributed by atoms with Crippen molar-refractivity contribution in [3.05, 3.63) is 45.5 Å². The zero-order valence-corrected chi connectivity index (χ0v) is 15.6. The number of benzene rings is 1. The molecule has 1 unspecified atom stereocenters. The number of urea groups is 1. The normalized spacial score (nSPS) is 17.6. The summed E-state index contributed by atoms with van der Waals surface area (Å²) in [6.45, 7) is 3.81. The highest BCUT2D eigenvalue weighted by Crippen LogP contribution is 2.24. The molecule has 0 saturated carbocycles. The Kier molecular flexibility index (Phi) is 5.81. The summed E-state index contributed by atoms with van der Waals surface area (Å²) in [7, 11) is 0. The zero-order chi connectivity index (χ0) is 17.8. The van der Waals surface area contributed by atoms with Gasteiger partial charge in [0.25, 0.3) is 0 Å². The maximum Gasteiger partial charge on any atom is 0.317 e. The van der Waals surface area contributed by atoms with E-state index in [4.69, 9.17) is 23.2 Å². The largest absolute Gasteiger partial charge is 0.338 e. The number of aromatic nitrogens is 3. The molecule has 134 valence electrons. The number of H-pyrrole nitrogens is 1. The predicted molar refractivity (Wildman–Crippen MR) is 98.2 cm³/mol. The Balaban J connectivity index is 1.50. The van der Waals surface area contributed by atoms with Gasteiger partial charge in [-0.05, 0) is 43.9 Å². The van der Waals surface area contributed by atoms with Crippen LogP contribution in [-0.2, 0) is 6.42 Å². The first-order valence-electron chi connectivity index (χ1n) is 8.38. The van der Waals surface area contributed by atoms with Gasteiger partial charge in [-0.1, -0.05) is 29.3 Å². The zero-order valence-electron chi connectivity index (χ0n) is 14.1. The van der Waals surface area contributed by atoms with Gasteiger partial charge in [0.15, 0.2) is 5.82 Å². The van der Waals surface area contributed by atoms with E-state index in [-0.39, 0.29) is 11.9 Å². The van der Waals surface area contributed by atoms with Crippen LogP contribution in [0.25, 0.3) is 0 Å². The predicted octanol–water partition coefficient (Wildman–Crippen LogP) is 3.55. The van der Waals surface area contributed by atoms with Crippen LogP contribution in [0.3, 0.4) is 0 Å². The fourth-order valence-electron chi connectivity index (χ4n) is 3.06. The molecule has 1 aromatic carbocycles. The summed E-state index contributed by atoms with van der Waals surface area (Å²) in [4.78, 5) is 18.7.